The van der Waals surface area contributed by atoms with Crippen LogP contribution in [-0.4, -0.2) is 54.4 Å². The minimum absolute atomic E-state index is 0.0831. The van der Waals surface area contributed by atoms with Crippen LogP contribution in [0.1, 0.15) is 149 Å². The highest BCUT2D eigenvalue weighted by Crippen LogP contribution is 2.58. The van der Waals surface area contributed by atoms with Crippen LogP contribution in [0.5, 0.6) is 17.2 Å². The molecular formula is C40H56O10. The van der Waals surface area contributed by atoms with E-state index in [1.54, 1.807) is 27.7 Å². The SMILES string of the molecule is CCCCCC(=O)c1c(O)c([C@H](C2=C(O)C(C)(C)C(=O)C(C)(C)C2=O)C(C)C)c(O)c([C@H](C2=C(O)C(C)(C)C(=O)C(C)(C)C2=O)C(C)C)c1O. The summed E-state index contributed by atoms with van der Waals surface area (Å²) in [6.07, 6.45) is 1.79. The lowest BCUT2D eigenvalue weighted by Crippen LogP contribution is -2.50. The molecule has 2 aliphatic rings. The van der Waals surface area contributed by atoms with Gasteiger partial charge in [-0.2, -0.15) is 0 Å². The number of rotatable bonds is 11. The van der Waals surface area contributed by atoms with E-state index in [9.17, 15) is 49.5 Å². The molecule has 0 unspecified atom stereocenters. The number of Topliss-reactive ketones (excluding diaryl/α,β-unsaturated/α-hetero) is 5. The second-order valence-electron chi connectivity index (χ2n) is 16.9. The molecule has 0 bridgehead atoms. The molecule has 0 saturated heterocycles. The van der Waals surface area contributed by atoms with E-state index in [-0.39, 0.29) is 28.7 Å². The topological polar surface area (TPSA) is 186 Å². The molecule has 2 aliphatic carbocycles. The Hall–Kier alpha value is -3.95. The van der Waals surface area contributed by atoms with E-state index in [2.05, 4.69) is 0 Å². The Morgan fingerprint density at radius 1 is 0.560 bits per heavy atom. The Morgan fingerprint density at radius 2 is 0.900 bits per heavy atom. The summed E-state index contributed by atoms with van der Waals surface area (Å²) in [5.74, 6) is -10.5. The van der Waals surface area contributed by atoms with Crippen LogP contribution < -0.4 is 0 Å². The predicted octanol–water partition coefficient (Wildman–Crippen LogP) is 8.08. The first-order valence-electron chi connectivity index (χ1n) is 17.6. The van der Waals surface area contributed by atoms with Crippen molar-refractivity contribution in [3.05, 3.63) is 39.4 Å². The van der Waals surface area contributed by atoms with Crippen molar-refractivity contribution in [3.63, 3.8) is 0 Å². The Morgan fingerprint density at radius 3 is 1.20 bits per heavy atom. The molecule has 10 nitrogen and oxygen atoms in total. The molecule has 0 saturated carbocycles. The van der Waals surface area contributed by atoms with Gasteiger partial charge in [0.05, 0.1) is 21.7 Å². The van der Waals surface area contributed by atoms with Crippen molar-refractivity contribution >= 4 is 28.9 Å². The van der Waals surface area contributed by atoms with Gasteiger partial charge in [-0.3, -0.25) is 24.0 Å². The minimum Gasteiger partial charge on any atom is -0.511 e. The average molecular weight is 697 g/mol. The van der Waals surface area contributed by atoms with Crippen molar-refractivity contribution < 1.29 is 49.5 Å². The summed E-state index contributed by atoms with van der Waals surface area (Å²) < 4.78 is 0. The second kappa shape index (κ2) is 13.3. The van der Waals surface area contributed by atoms with Gasteiger partial charge < -0.3 is 25.5 Å². The van der Waals surface area contributed by atoms with Gasteiger partial charge in [-0.15, -0.1) is 0 Å². The summed E-state index contributed by atoms with van der Waals surface area (Å²) >= 11 is 0. The highest BCUT2D eigenvalue weighted by molar-refractivity contribution is 6.20. The molecule has 276 valence electrons. The van der Waals surface area contributed by atoms with E-state index in [1.165, 1.54) is 55.4 Å². The van der Waals surface area contributed by atoms with Gasteiger partial charge in [-0.25, -0.2) is 0 Å². The number of aliphatic hydroxyl groups is 2. The number of carbonyl (C=O) groups is 5. The number of phenols is 3. The average Bonchev–Trinajstić information content (AvgIpc) is 3.00. The summed E-state index contributed by atoms with van der Waals surface area (Å²) in [5, 5.41) is 59.6. The first-order valence-corrected chi connectivity index (χ1v) is 17.6. The third kappa shape index (κ3) is 5.96. The highest BCUT2D eigenvalue weighted by atomic mass is 16.3. The number of benzene rings is 1. The lowest BCUT2D eigenvalue weighted by Gasteiger charge is -2.42. The zero-order valence-corrected chi connectivity index (χ0v) is 31.9. The van der Waals surface area contributed by atoms with Gasteiger partial charge in [-0.05, 0) is 73.6 Å². The molecule has 50 heavy (non-hydrogen) atoms. The molecule has 0 aromatic heterocycles. The maximum absolute atomic E-state index is 14.2. The number of hydrogen-bond acceptors (Lipinski definition) is 10. The lowest BCUT2D eigenvalue weighted by molar-refractivity contribution is -0.146. The molecule has 0 heterocycles. The van der Waals surface area contributed by atoms with Crippen LogP contribution in [0.4, 0.5) is 0 Å². The number of carbonyl (C=O) groups excluding carboxylic acids is 5. The lowest BCUT2D eigenvalue weighted by atomic mass is 9.59. The van der Waals surface area contributed by atoms with Gasteiger partial charge in [0, 0.05) is 40.5 Å². The number of unbranched alkanes of at least 4 members (excludes halogenated alkanes) is 2. The molecule has 10 heteroatoms. The first-order chi connectivity index (χ1) is 22.7. The standard InChI is InChI=1S/C40H56O10/c1-14-15-16-17-20(41)23-28(42)24(21(18(2)3)26-31(45)37(6,7)35(49)38(8,9)32(26)46)30(44)25(29(23)43)22(19(4)5)27-33(47)39(10,11)36(50)40(12,13)34(27)48/h18-19,21-22,42-45,47H,14-17H2,1-13H3/t21-,22-/m1/s1. The number of ketones is 5. The van der Waals surface area contributed by atoms with Gasteiger partial charge in [-0.1, -0.05) is 47.5 Å². The van der Waals surface area contributed by atoms with Gasteiger partial charge in [0.15, 0.2) is 28.9 Å². The fourth-order valence-corrected chi connectivity index (χ4v) is 8.01. The summed E-state index contributed by atoms with van der Waals surface area (Å²) in [7, 11) is 0. The second-order valence-corrected chi connectivity index (χ2v) is 16.9. The molecular weight excluding hydrogens is 640 g/mol. The van der Waals surface area contributed by atoms with Gasteiger partial charge in [0.2, 0.25) is 0 Å². The quantitative estimate of drug-likeness (QED) is 0.0860. The number of aromatic hydroxyl groups is 3. The summed E-state index contributed by atoms with van der Waals surface area (Å²) in [4.78, 5) is 69.1. The van der Waals surface area contributed by atoms with Crippen LogP contribution in [0.2, 0.25) is 0 Å². The van der Waals surface area contributed by atoms with Crippen molar-refractivity contribution in [2.24, 2.45) is 33.5 Å². The summed E-state index contributed by atoms with van der Waals surface area (Å²) in [6, 6.07) is 0. The zero-order valence-electron chi connectivity index (χ0n) is 31.9. The maximum atomic E-state index is 14.2. The van der Waals surface area contributed by atoms with Gasteiger partial charge in [0.1, 0.15) is 34.3 Å². The van der Waals surface area contributed by atoms with Crippen molar-refractivity contribution in [2.45, 2.75) is 128 Å². The largest absolute Gasteiger partial charge is 0.511 e. The normalized spacial score (nSPS) is 21.3. The fraction of sp³-hybridized carbons (Fsp3) is 0.625. The monoisotopic (exact) mass is 696 g/mol. The van der Waals surface area contributed by atoms with E-state index >= 15 is 0 Å². The molecule has 0 radical (unpaired) electrons. The smallest absolute Gasteiger partial charge is 0.175 e. The number of hydrogen-bond donors (Lipinski definition) is 5. The molecule has 0 aliphatic heterocycles. The Balaban J connectivity index is 2.64. The molecule has 3 rings (SSSR count). The molecule has 0 spiro atoms. The van der Waals surface area contributed by atoms with E-state index < -0.39 is 109 Å². The minimum atomic E-state index is -1.60. The van der Waals surface area contributed by atoms with Crippen molar-refractivity contribution in [1.82, 2.24) is 0 Å². The maximum Gasteiger partial charge on any atom is 0.175 e. The fourth-order valence-electron chi connectivity index (χ4n) is 8.01. The van der Waals surface area contributed by atoms with Crippen LogP contribution in [-0.2, 0) is 19.2 Å². The van der Waals surface area contributed by atoms with Crippen molar-refractivity contribution in [3.8, 4) is 17.2 Å². The zero-order chi connectivity index (χ0) is 38.8. The Kier molecular flexibility index (Phi) is 10.8. The Labute approximate surface area is 295 Å². The van der Waals surface area contributed by atoms with Crippen LogP contribution in [0.25, 0.3) is 0 Å². The molecule has 0 fully saturated rings. The first kappa shape index (κ1) is 40.5. The van der Waals surface area contributed by atoms with Crippen LogP contribution in [0.3, 0.4) is 0 Å². The molecule has 1 aromatic carbocycles. The van der Waals surface area contributed by atoms with Crippen LogP contribution in [0.15, 0.2) is 22.7 Å². The van der Waals surface area contributed by atoms with E-state index in [4.69, 9.17) is 0 Å². The third-order valence-corrected chi connectivity index (χ3v) is 10.9. The molecule has 2 atom stereocenters. The highest BCUT2D eigenvalue weighted by Gasteiger charge is 2.57. The van der Waals surface area contributed by atoms with Crippen molar-refractivity contribution in [1.29, 1.82) is 0 Å². The van der Waals surface area contributed by atoms with E-state index in [0.717, 1.165) is 6.42 Å². The Bertz CT molecular complexity index is 1600. The van der Waals surface area contributed by atoms with Crippen molar-refractivity contribution in [2.75, 3.05) is 0 Å². The molecule has 5 N–H and O–H groups in total. The third-order valence-electron chi connectivity index (χ3n) is 10.9. The summed E-state index contributed by atoms with van der Waals surface area (Å²) in [6.45, 7) is 20.3. The molecule has 0 amide bonds. The summed E-state index contributed by atoms with van der Waals surface area (Å²) in [5.41, 5.74) is -7.93. The van der Waals surface area contributed by atoms with Gasteiger partial charge >= 0.3 is 0 Å². The predicted molar refractivity (Wildman–Crippen MR) is 190 cm³/mol. The van der Waals surface area contributed by atoms with E-state index in [0.29, 0.717) is 12.8 Å². The number of phenolic OH excluding ortho intramolecular Hbond substituents is 3. The van der Waals surface area contributed by atoms with Crippen LogP contribution in [0, 0.1) is 33.5 Å². The van der Waals surface area contributed by atoms with Gasteiger partial charge in [0.25, 0.3) is 0 Å². The van der Waals surface area contributed by atoms with E-state index in [1.807, 2.05) is 6.92 Å². The van der Waals surface area contributed by atoms with Crippen LogP contribution >= 0.6 is 0 Å². The number of allylic oxidation sites excluding steroid dienone is 4. The number of aliphatic hydroxyl groups excluding tert-OH is 2. The molecule has 1 aromatic rings.